The van der Waals surface area contributed by atoms with Gasteiger partial charge in [0.05, 0.1) is 18.9 Å². The molecule has 0 atom stereocenters. The van der Waals surface area contributed by atoms with Gasteiger partial charge in [0.15, 0.2) is 11.5 Å². The van der Waals surface area contributed by atoms with Gasteiger partial charge in [-0.1, -0.05) is 45.7 Å². The average molecular weight is 704 g/mol. The number of carbonyl (C=O) groups excluding carboxylic acids is 3. The Morgan fingerprint density at radius 3 is 2.41 bits per heavy atom. The van der Waals surface area contributed by atoms with Crippen LogP contribution in [0.4, 0.5) is 5.69 Å². The highest BCUT2D eigenvalue weighted by molar-refractivity contribution is 9.10. The monoisotopic (exact) mass is 702 g/mol. The van der Waals surface area contributed by atoms with Crippen LogP contribution in [0.3, 0.4) is 0 Å². The molecule has 0 bridgehead atoms. The van der Waals surface area contributed by atoms with Gasteiger partial charge in [0, 0.05) is 63.8 Å². The van der Waals surface area contributed by atoms with Crippen LogP contribution >= 0.6 is 27.5 Å². The van der Waals surface area contributed by atoms with Crippen LogP contribution in [0.1, 0.15) is 33.3 Å². The summed E-state index contributed by atoms with van der Waals surface area (Å²) < 4.78 is 16.7. The van der Waals surface area contributed by atoms with Gasteiger partial charge in [0.1, 0.15) is 11.4 Å². The number of fused-ring (bicyclic) bond motifs is 1. The lowest BCUT2D eigenvalue weighted by atomic mass is 10.0. The number of amides is 1. The number of nitrogens with one attached hydrogen (secondary N) is 2. The molecule has 2 N–H and O–H groups in total. The van der Waals surface area contributed by atoms with E-state index in [4.69, 9.17) is 25.8 Å². The normalized spacial score (nSPS) is 11.0. The van der Waals surface area contributed by atoms with E-state index in [2.05, 4.69) is 31.4 Å². The fourth-order valence-electron chi connectivity index (χ4n) is 4.69. The molecule has 5 aromatic rings. The number of nitrogens with zero attached hydrogens (tertiary/aromatic N) is 2. The van der Waals surface area contributed by atoms with Crippen molar-refractivity contribution in [1.29, 1.82) is 0 Å². The minimum Gasteiger partial charge on any atom is -0.493 e. The van der Waals surface area contributed by atoms with Crippen molar-refractivity contribution in [2.24, 2.45) is 5.10 Å². The molecular formula is C34H28BrClN4O6. The molecule has 0 saturated heterocycles. The summed E-state index contributed by atoms with van der Waals surface area (Å²) in [6, 6.07) is 22.4. The molecule has 0 radical (unpaired) electrons. The molecule has 12 heteroatoms. The summed E-state index contributed by atoms with van der Waals surface area (Å²) in [5.74, 6) is -1.16. The van der Waals surface area contributed by atoms with Gasteiger partial charge in [-0.15, -0.1) is 0 Å². The Bertz CT molecular complexity index is 2010. The largest absolute Gasteiger partial charge is 0.493 e. The van der Waals surface area contributed by atoms with E-state index in [-0.39, 0.29) is 28.5 Å². The molecule has 0 aliphatic rings. The van der Waals surface area contributed by atoms with Crippen molar-refractivity contribution in [3.63, 3.8) is 0 Å². The Hall–Kier alpha value is -5.13. The number of carbonyl (C=O) groups is 3. The summed E-state index contributed by atoms with van der Waals surface area (Å²) in [5.41, 5.74) is 6.48. The number of aromatic amines is 1. The fourth-order valence-corrected chi connectivity index (χ4v) is 5.30. The van der Waals surface area contributed by atoms with Crippen molar-refractivity contribution in [2.45, 2.75) is 6.92 Å². The van der Waals surface area contributed by atoms with Crippen molar-refractivity contribution >= 4 is 68.2 Å². The third-order valence-corrected chi connectivity index (χ3v) is 7.69. The Kier molecular flexibility index (Phi) is 9.74. The van der Waals surface area contributed by atoms with Crippen LogP contribution in [-0.4, -0.2) is 50.2 Å². The predicted molar refractivity (Wildman–Crippen MR) is 182 cm³/mol. The number of H-pyrrole nitrogens is 1. The zero-order valence-electron chi connectivity index (χ0n) is 25.2. The first-order chi connectivity index (χ1) is 22.0. The summed E-state index contributed by atoms with van der Waals surface area (Å²) in [4.78, 5) is 43.1. The maximum atomic E-state index is 13.6. The van der Waals surface area contributed by atoms with Crippen molar-refractivity contribution in [2.75, 3.05) is 26.1 Å². The lowest BCUT2D eigenvalue weighted by Gasteiger charge is -2.13. The van der Waals surface area contributed by atoms with Crippen molar-refractivity contribution in [3.8, 4) is 28.4 Å². The van der Waals surface area contributed by atoms with Gasteiger partial charge in [-0.05, 0) is 60.7 Å². The van der Waals surface area contributed by atoms with Crippen LogP contribution in [0.5, 0.6) is 17.2 Å². The Morgan fingerprint density at radius 2 is 1.70 bits per heavy atom. The number of hydrogen-bond donors (Lipinski definition) is 2. The summed E-state index contributed by atoms with van der Waals surface area (Å²) in [5, 5.41) is 5.49. The average Bonchev–Trinajstić information content (AvgIpc) is 3.41. The minimum absolute atomic E-state index is 0.162. The topological polar surface area (TPSA) is 122 Å². The molecule has 0 saturated carbocycles. The molecule has 0 unspecified atom stereocenters. The molecule has 0 spiro atoms. The first-order valence-electron chi connectivity index (χ1n) is 13.8. The number of rotatable bonds is 9. The molecule has 1 amide bonds. The maximum absolute atomic E-state index is 13.6. The van der Waals surface area contributed by atoms with Gasteiger partial charge in [-0.2, -0.15) is 5.10 Å². The number of methoxy groups -OCH3 is 1. The number of anilines is 1. The summed E-state index contributed by atoms with van der Waals surface area (Å²) in [6.45, 7) is 1.26. The van der Waals surface area contributed by atoms with Crippen LogP contribution < -0.4 is 24.5 Å². The second-order valence-corrected chi connectivity index (χ2v) is 11.5. The highest BCUT2D eigenvalue weighted by Crippen LogP contribution is 2.38. The minimum atomic E-state index is -0.687. The van der Waals surface area contributed by atoms with Crippen molar-refractivity contribution in [1.82, 2.24) is 10.4 Å². The first-order valence-corrected chi connectivity index (χ1v) is 15.0. The summed E-state index contributed by atoms with van der Waals surface area (Å²) >= 11 is 10.0. The zero-order valence-corrected chi connectivity index (χ0v) is 27.5. The lowest BCUT2D eigenvalue weighted by molar-refractivity contribution is -0.132. The molecule has 0 fully saturated rings. The third kappa shape index (κ3) is 7.06. The van der Waals surface area contributed by atoms with E-state index in [0.29, 0.717) is 26.2 Å². The van der Waals surface area contributed by atoms with E-state index < -0.39 is 17.8 Å². The van der Waals surface area contributed by atoms with Gasteiger partial charge < -0.3 is 24.1 Å². The summed E-state index contributed by atoms with van der Waals surface area (Å²) in [6.07, 6.45) is 1.37. The Labute approximate surface area is 278 Å². The lowest BCUT2D eigenvalue weighted by Crippen LogP contribution is -2.19. The molecule has 46 heavy (non-hydrogen) atoms. The number of halogens is 2. The third-order valence-electron chi connectivity index (χ3n) is 6.87. The summed E-state index contributed by atoms with van der Waals surface area (Å²) in [7, 11) is 5.28. The molecule has 4 aromatic carbocycles. The first kappa shape index (κ1) is 32.3. The molecule has 1 aromatic heterocycles. The van der Waals surface area contributed by atoms with E-state index in [1.165, 1.54) is 38.4 Å². The highest BCUT2D eigenvalue weighted by atomic mass is 79.9. The van der Waals surface area contributed by atoms with Crippen LogP contribution in [-0.2, 0) is 4.79 Å². The SMILES string of the molecule is COc1cc(C(=O)Oc2ccc(Br)cc2C=NNC(=O)c2[nH]c3ccc(N(C)C)cc3c2-c2ccccc2Cl)ccc1OC(C)=O. The van der Waals surface area contributed by atoms with Gasteiger partial charge in [0.25, 0.3) is 5.91 Å². The number of ether oxygens (including phenoxy) is 3. The number of hydrazone groups is 1. The van der Waals surface area contributed by atoms with Gasteiger partial charge in [-0.25, -0.2) is 10.2 Å². The molecular weight excluding hydrogens is 676 g/mol. The predicted octanol–water partition coefficient (Wildman–Crippen LogP) is 7.23. The Morgan fingerprint density at radius 1 is 0.935 bits per heavy atom. The van der Waals surface area contributed by atoms with Gasteiger partial charge in [-0.3, -0.25) is 9.59 Å². The Balaban J connectivity index is 1.41. The zero-order chi connectivity index (χ0) is 33.0. The molecule has 1 heterocycles. The highest BCUT2D eigenvalue weighted by Gasteiger charge is 2.22. The quantitative estimate of drug-likeness (QED) is 0.0719. The van der Waals surface area contributed by atoms with E-state index >= 15 is 0 Å². The van der Waals surface area contributed by atoms with Crippen molar-refractivity contribution < 1.29 is 28.6 Å². The number of benzene rings is 4. The molecule has 0 aliphatic carbocycles. The van der Waals surface area contributed by atoms with E-state index in [0.717, 1.165) is 16.6 Å². The second kappa shape index (κ2) is 13.9. The van der Waals surface area contributed by atoms with Crippen molar-refractivity contribution in [3.05, 3.63) is 105 Å². The smallest absolute Gasteiger partial charge is 0.343 e. The molecule has 0 aliphatic heterocycles. The molecule has 5 rings (SSSR count). The maximum Gasteiger partial charge on any atom is 0.343 e. The van der Waals surface area contributed by atoms with Crippen LogP contribution in [0.25, 0.3) is 22.0 Å². The van der Waals surface area contributed by atoms with Crippen LogP contribution in [0, 0.1) is 0 Å². The van der Waals surface area contributed by atoms with Crippen LogP contribution in [0.2, 0.25) is 5.02 Å². The second-order valence-electron chi connectivity index (χ2n) is 10.2. The van der Waals surface area contributed by atoms with Gasteiger partial charge >= 0.3 is 11.9 Å². The molecule has 10 nitrogen and oxygen atoms in total. The number of aromatic nitrogens is 1. The molecule has 234 valence electrons. The standard InChI is InChI=1S/C34H28BrClN4O6/c1-19(41)45-29-13-9-20(16-30(29)44-4)34(43)46-28-14-10-22(35)15-21(28)18-37-39-33(42)32-31(24-7-5-6-8-26(24)36)25-17-23(40(2)3)11-12-27(25)38-32/h5-18,38H,1-4H3,(H,39,42). The van der Waals surface area contributed by atoms with E-state index in [1.807, 2.05) is 55.4 Å². The fraction of sp³-hybridized carbons (Fsp3) is 0.118. The number of hydrogen-bond acceptors (Lipinski definition) is 8. The van der Waals surface area contributed by atoms with E-state index in [1.54, 1.807) is 24.3 Å². The van der Waals surface area contributed by atoms with Crippen LogP contribution in [0.15, 0.2) is 88.4 Å². The van der Waals surface area contributed by atoms with Gasteiger partial charge in [0.2, 0.25) is 0 Å². The van der Waals surface area contributed by atoms with E-state index in [9.17, 15) is 14.4 Å². The number of esters is 2.